The average molecular weight is 506 g/mol. The number of nitrogens with two attached hydrogens (primary N) is 1. The molecule has 1 aliphatic rings. The summed E-state index contributed by atoms with van der Waals surface area (Å²) in [6.07, 6.45) is 2.94. The number of anilines is 2. The second-order valence-electron chi connectivity index (χ2n) is 8.31. The van der Waals surface area contributed by atoms with E-state index in [1.807, 2.05) is 33.8 Å². The molecule has 2 aromatic heterocycles. The molecule has 0 saturated carbocycles. The third-order valence-corrected chi connectivity index (χ3v) is 6.37. The van der Waals surface area contributed by atoms with E-state index in [1.54, 1.807) is 23.4 Å². The van der Waals surface area contributed by atoms with E-state index in [2.05, 4.69) is 25.9 Å². The molecule has 0 atom stereocenters. The number of fused-ring (bicyclic) bond motifs is 2. The van der Waals surface area contributed by atoms with Crippen molar-refractivity contribution in [3.8, 4) is 17.0 Å². The van der Waals surface area contributed by atoms with Gasteiger partial charge in [-0.3, -0.25) is 4.90 Å². The maximum absolute atomic E-state index is 12.9. The molecule has 7 nitrogen and oxygen atoms in total. The van der Waals surface area contributed by atoms with Gasteiger partial charge in [-0.2, -0.15) is 0 Å². The van der Waals surface area contributed by atoms with Gasteiger partial charge in [-0.05, 0) is 72.3 Å². The summed E-state index contributed by atoms with van der Waals surface area (Å²) in [7, 11) is 0. The minimum atomic E-state index is -0.614. The molecule has 1 amide bonds. The Kier molecular flexibility index (Phi) is 5.47. The summed E-state index contributed by atoms with van der Waals surface area (Å²) in [6, 6.07) is 3.75. The molecule has 0 unspecified atom stereocenters. The van der Waals surface area contributed by atoms with Gasteiger partial charge in [-0.15, -0.1) is 0 Å². The molecule has 162 valence electrons. The lowest BCUT2D eigenvalue weighted by atomic mass is 9.98. The lowest BCUT2D eigenvalue weighted by Crippen LogP contribution is -2.42. The third kappa shape index (κ3) is 4.02. The fourth-order valence-electron chi connectivity index (χ4n) is 3.55. The second-order valence-corrected chi connectivity index (χ2v) is 9.48. The van der Waals surface area contributed by atoms with Gasteiger partial charge in [0.05, 0.1) is 11.6 Å². The molecule has 31 heavy (non-hydrogen) atoms. The van der Waals surface area contributed by atoms with E-state index < -0.39 is 11.7 Å². The standard InChI is InChI=1S/C22H22BrClN4O3/c1-11-14(13-7-12-8-16(25)26-10-15(12)18(24)17(13)23)9-27-20-19(11)28(5-6-30-20)21(29)31-22(2,3)4/h7-10H,5-6H2,1-4H3,(H2,25,26). The smallest absolute Gasteiger partial charge is 0.415 e. The number of hydrogen-bond donors (Lipinski definition) is 1. The van der Waals surface area contributed by atoms with E-state index in [0.717, 1.165) is 27.5 Å². The van der Waals surface area contributed by atoms with E-state index in [9.17, 15) is 4.79 Å². The zero-order valence-electron chi connectivity index (χ0n) is 17.6. The minimum Gasteiger partial charge on any atom is -0.474 e. The van der Waals surface area contributed by atoms with Crippen molar-refractivity contribution < 1.29 is 14.3 Å². The number of hydrogen-bond acceptors (Lipinski definition) is 6. The Morgan fingerprint density at radius 2 is 2.00 bits per heavy atom. The molecule has 2 N–H and O–H groups in total. The number of amides is 1. The second kappa shape index (κ2) is 7.84. The predicted molar refractivity (Wildman–Crippen MR) is 126 cm³/mol. The molecule has 9 heteroatoms. The molecule has 1 aromatic carbocycles. The Bertz CT molecular complexity index is 1210. The maximum Gasteiger partial charge on any atom is 0.415 e. The van der Waals surface area contributed by atoms with Crippen LogP contribution in [0.2, 0.25) is 5.02 Å². The van der Waals surface area contributed by atoms with E-state index in [4.69, 9.17) is 26.8 Å². The fourth-order valence-corrected chi connectivity index (χ4v) is 4.35. The van der Waals surface area contributed by atoms with Gasteiger partial charge in [-0.1, -0.05) is 11.6 Å². The van der Waals surface area contributed by atoms with Crippen LogP contribution in [0.15, 0.2) is 29.0 Å². The van der Waals surface area contributed by atoms with Crippen molar-refractivity contribution in [2.24, 2.45) is 0 Å². The monoisotopic (exact) mass is 504 g/mol. The third-order valence-electron chi connectivity index (χ3n) is 4.92. The molecule has 3 aromatic rings. The summed E-state index contributed by atoms with van der Waals surface area (Å²) in [6.45, 7) is 8.15. The van der Waals surface area contributed by atoms with Crippen LogP contribution in [0.5, 0.6) is 5.88 Å². The van der Waals surface area contributed by atoms with E-state index in [-0.39, 0.29) is 0 Å². The number of halogens is 2. The van der Waals surface area contributed by atoms with Crippen molar-refractivity contribution in [1.82, 2.24) is 9.97 Å². The Hall–Kier alpha value is -2.58. The van der Waals surface area contributed by atoms with Crippen molar-refractivity contribution >= 4 is 55.9 Å². The molecular formula is C22H22BrClN4O3. The van der Waals surface area contributed by atoms with Crippen molar-refractivity contribution in [3.63, 3.8) is 0 Å². The summed E-state index contributed by atoms with van der Waals surface area (Å²) in [5, 5.41) is 2.17. The van der Waals surface area contributed by atoms with Gasteiger partial charge in [-0.25, -0.2) is 14.8 Å². The van der Waals surface area contributed by atoms with Crippen LogP contribution in [-0.2, 0) is 4.74 Å². The van der Waals surface area contributed by atoms with Crippen molar-refractivity contribution in [3.05, 3.63) is 39.6 Å². The topological polar surface area (TPSA) is 90.6 Å². The van der Waals surface area contributed by atoms with E-state index in [1.165, 1.54) is 0 Å². The van der Waals surface area contributed by atoms with Crippen LogP contribution in [0.4, 0.5) is 16.3 Å². The number of carbonyl (C=O) groups is 1. The number of pyridine rings is 2. The number of carbonyl (C=O) groups excluding carboxylic acids is 1. The zero-order valence-corrected chi connectivity index (χ0v) is 20.0. The molecule has 0 radical (unpaired) electrons. The number of rotatable bonds is 1. The first-order valence-electron chi connectivity index (χ1n) is 9.73. The van der Waals surface area contributed by atoms with Crippen LogP contribution in [0.25, 0.3) is 21.9 Å². The van der Waals surface area contributed by atoms with E-state index >= 15 is 0 Å². The molecule has 0 fully saturated rings. The van der Waals surface area contributed by atoms with Crippen molar-refractivity contribution in [2.75, 3.05) is 23.8 Å². The highest BCUT2D eigenvalue weighted by atomic mass is 79.9. The summed E-state index contributed by atoms with van der Waals surface area (Å²) < 4.78 is 12.0. The highest BCUT2D eigenvalue weighted by molar-refractivity contribution is 9.10. The quantitative estimate of drug-likeness (QED) is 0.454. The van der Waals surface area contributed by atoms with Crippen LogP contribution < -0.4 is 15.4 Å². The number of nitrogens with zero attached hydrogens (tertiary/aromatic N) is 3. The molecular weight excluding hydrogens is 484 g/mol. The van der Waals surface area contributed by atoms with E-state index in [0.29, 0.717) is 40.0 Å². The van der Waals surface area contributed by atoms with Crippen LogP contribution in [0.1, 0.15) is 26.3 Å². The molecule has 4 rings (SSSR count). The first-order chi connectivity index (χ1) is 14.6. The normalized spacial score (nSPS) is 13.7. The Morgan fingerprint density at radius 3 is 2.71 bits per heavy atom. The molecule has 1 aliphatic heterocycles. The number of aromatic nitrogens is 2. The fraction of sp³-hybridized carbons (Fsp3) is 0.318. The maximum atomic E-state index is 12.9. The van der Waals surface area contributed by atoms with Crippen molar-refractivity contribution in [1.29, 1.82) is 0 Å². The Labute approximate surface area is 193 Å². The first kappa shape index (κ1) is 21.6. The minimum absolute atomic E-state index is 0.343. The molecule has 0 bridgehead atoms. The van der Waals surface area contributed by atoms with Crippen LogP contribution in [0.3, 0.4) is 0 Å². The van der Waals surface area contributed by atoms with Gasteiger partial charge in [0.15, 0.2) is 0 Å². The highest BCUT2D eigenvalue weighted by Crippen LogP contribution is 2.44. The van der Waals surface area contributed by atoms with Gasteiger partial charge in [0.2, 0.25) is 5.88 Å². The van der Waals surface area contributed by atoms with Gasteiger partial charge in [0, 0.05) is 27.8 Å². The lowest BCUT2D eigenvalue weighted by Gasteiger charge is -2.32. The zero-order chi connectivity index (χ0) is 22.5. The average Bonchev–Trinajstić information content (AvgIpc) is 2.69. The molecule has 0 saturated heterocycles. The molecule has 3 heterocycles. The van der Waals surface area contributed by atoms with Gasteiger partial charge in [0.1, 0.15) is 23.7 Å². The number of nitrogen functional groups attached to an aromatic ring is 1. The molecule has 0 spiro atoms. The number of benzene rings is 1. The van der Waals surface area contributed by atoms with Gasteiger partial charge in [0.25, 0.3) is 0 Å². The predicted octanol–water partition coefficient (Wildman–Crippen LogP) is 5.74. The van der Waals surface area contributed by atoms with Gasteiger partial charge >= 0.3 is 6.09 Å². The highest BCUT2D eigenvalue weighted by Gasteiger charge is 2.32. The SMILES string of the molecule is Cc1c(-c2cc3cc(N)ncc3c(Cl)c2Br)cnc2c1N(C(=O)OC(C)(C)C)CCO2. The molecule has 0 aliphatic carbocycles. The number of ether oxygens (including phenoxy) is 2. The first-order valence-corrected chi connectivity index (χ1v) is 10.9. The summed E-state index contributed by atoms with van der Waals surface area (Å²) in [4.78, 5) is 23.1. The largest absolute Gasteiger partial charge is 0.474 e. The lowest BCUT2D eigenvalue weighted by molar-refractivity contribution is 0.0566. The van der Waals surface area contributed by atoms with Crippen LogP contribution in [-0.4, -0.2) is 34.8 Å². The van der Waals surface area contributed by atoms with Crippen LogP contribution in [0, 0.1) is 6.92 Å². The summed E-state index contributed by atoms with van der Waals surface area (Å²) in [5.74, 6) is 0.802. The van der Waals surface area contributed by atoms with Gasteiger partial charge < -0.3 is 15.2 Å². The van der Waals surface area contributed by atoms with Crippen LogP contribution >= 0.6 is 27.5 Å². The summed E-state index contributed by atoms with van der Waals surface area (Å²) >= 11 is 10.2. The van der Waals surface area contributed by atoms with Crippen molar-refractivity contribution in [2.45, 2.75) is 33.3 Å². The summed E-state index contributed by atoms with van der Waals surface area (Å²) in [5.41, 5.74) is 8.31. The Morgan fingerprint density at radius 1 is 1.26 bits per heavy atom. The Balaban J connectivity index is 1.88.